The van der Waals surface area contributed by atoms with E-state index >= 15 is 0 Å². The van der Waals surface area contributed by atoms with E-state index in [0.29, 0.717) is 0 Å². The lowest BCUT2D eigenvalue weighted by atomic mass is 10.3. The van der Waals surface area contributed by atoms with Gasteiger partial charge in [0.2, 0.25) is 0 Å². The molecule has 0 spiro atoms. The lowest BCUT2D eigenvalue weighted by Gasteiger charge is -1.99. The van der Waals surface area contributed by atoms with Crippen molar-refractivity contribution in [2.75, 3.05) is 31.8 Å². The summed E-state index contributed by atoms with van der Waals surface area (Å²) in [7, 11) is 0. The number of alkyl halides is 2. The third-order valence-corrected chi connectivity index (χ3v) is 1.38. The topological polar surface area (TPSA) is 49.7 Å². The number of aliphatic hydroxyl groups is 2. The Labute approximate surface area is 110 Å². The molecule has 0 bridgehead atoms. The first kappa shape index (κ1) is 21.7. The number of rotatable bonds is 7. The van der Waals surface area contributed by atoms with Gasteiger partial charge in [-0.15, -0.1) is 23.2 Å². The number of unbranched alkanes of at least 4 members (excludes halogenated alkanes) is 2. The Kier molecular flexibility index (Phi) is 40.1. The number of hydrogen-bond donors (Lipinski definition) is 2. The number of ether oxygens (including phenoxy) is 1. The second-order valence-corrected chi connectivity index (χ2v) is 3.68. The number of hydrogen-bond acceptors (Lipinski definition) is 3. The van der Waals surface area contributed by atoms with E-state index in [1.807, 2.05) is 0 Å². The zero-order chi connectivity index (χ0) is 13.1. The van der Waals surface area contributed by atoms with Gasteiger partial charge in [-0.25, -0.2) is 0 Å². The van der Waals surface area contributed by atoms with Gasteiger partial charge >= 0.3 is 0 Å². The fourth-order valence-electron chi connectivity index (χ4n) is 0.595. The Morgan fingerprint density at radius 1 is 0.875 bits per heavy atom. The summed E-state index contributed by atoms with van der Waals surface area (Å²) in [5.74, 6) is 0. The minimum absolute atomic E-state index is 0.125. The Hall–Kier alpha value is 0.460. The molecule has 0 rings (SSSR count). The summed E-state index contributed by atoms with van der Waals surface area (Å²) >= 11 is 9.53. The van der Waals surface area contributed by atoms with Crippen LogP contribution in [0.1, 0.15) is 39.5 Å². The summed E-state index contributed by atoms with van der Waals surface area (Å²) in [6, 6.07) is 0. The van der Waals surface area contributed by atoms with E-state index in [1.54, 1.807) is 0 Å². The van der Waals surface area contributed by atoms with Gasteiger partial charge in [0, 0.05) is 13.2 Å². The largest absolute Gasteiger partial charge is 0.394 e. The highest BCUT2D eigenvalue weighted by molar-refractivity contribution is 6.40. The van der Waals surface area contributed by atoms with Crippen LogP contribution in [-0.2, 0) is 4.74 Å². The molecule has 0 aliphatic heterocycles. The van der Waals surface area contributed by atoms with Gasteiger partial charge in [-0.1, -0.05) is 26.7 Å². The van der Waals surface area contributed by atoms with Crippen LogP contribution in [0.3, 0.4) is 0 Å². The Morgan fingerprint density at radius 2 is 1.19 bits per heavy atom. The van der Waals surface area contributed by atoms with Gasteiger partial charge in [0.25, 0.3) is 0 Å². The van der Waals surface area contributed by atoms with Crippen molar-refractivity contribution in [3.63, 3.8) is 0 Å². The van der Waals surface area contributed by atoms with Crippen LogP contribution < -0.4 is 0 Å². The Bertz CT molecular complexity index is 77.6. The van der Waals surface area contributed by atoms with Crippen molar-refractivity contribution in [1.82, 2.24) is 0 Å². The van der Waals surface area contributed by atoms with E-state index in [9.17, 15) is 0 Å². The minimum Gasteiger partial charge on any atom is -0.394 e. The van der Waals surface area contributed by atoms with Gasteiger partial charge in [0.05, 0.1) is 18.6 Å². The molecule has 0 unspecified atom stereocenters. The van der Waals surface area contributed by atoms with Crippen molar-refractivity contribution in [3.8, 4) is 0 Å². The van der Waals surface area contributed by atoms with Gasteiger partial charge in [0.1, 0.15) is 0 Å². The van der Waals surface area contributed by atoms with E-state index in [4.69, 9.17) is 38.2 Å². The third-order valence-electron chi connectivity index (χ3n) is 1.38. The van der Waals surface area contributed by atoms with Crippen molar-refractivity contribution in [1.29, 1.82) is 0 Å². The maximum absolute atomic E-state index is 7.62. The molecular weight excluding hydrogens is 251 g/mol. The molecule has 0 saturated carbocycles. The number of halogens is 2. The highest BCUT2D eigenvalue weighted by atomic mass is 35.5. The van der Waals surface area contributed by atoms with E-state index < -0.39 is 0 Å². The summed E-state index contributed by atoms with van der Waals surface area (Å²) in [5.41, 5.74) is 0. The molecule has 0 saturated heterocycles. The van der Waals surface area contributed by atoms with Crippen LogP contribution in [0.5, 0.6) is 0 Å². The molecule has 0 aromatic heterocycles. The number of aliphatic hydroxyl groups excluding tert-OH is 2. The molecule has 16 heavy (non-hydrogen) atoms. The molecule has 0 heterocycles. The predicted octanol–water partition coefficient (Wildman–Crippen LogP) is 3.00. The van der Waals surface area contributed by atoms with Gasteiger partial charge in [-0.3, -0.25) is 0 Å². The summed E-state index contributed by atoms with van der Waals surface area (Å²) in [4.78, 5) is 0. The third kappa shape index (κ3) is 47.1. The maximum Gasteiger partial charge on any atom is 0.0967 e. The lowest BCUT2D eigenvalue weighted by molar-refractivity contribution is 0.128. The zero-order valence-electron chi connectivity index (χ0n) is 10.4. The van der Waals surface area contributed by atoms with Crippen LogP contribution in [-0.4, -0.2) is 42.0 Å². The standard InChI is InChI=1S/C8H18O.C2H6O2.CH2Cl2/c1-3-5-7-9-8-6-4-2;3-1-2-4;2-1-3/h3-8H2,1-2H3;3-4H,1-2H2;1H2. The van der Waals surface area contributed by atoms with Crippen LogP contribution in [0.15, 0.2) is 0 Å². The van der Waals surface area contributed by atoms with Crippen LogP contribution in [0.25, 0.3) is 0 Å². The summed E-state index contributed by atoms with van der Waals surface area (Å²) < 4.78 is 5.31. The average molecular weight is 277 g/mol. The van der Waals surface area contributed by atoms with Crippen molar-refractivity contribution in [3.05, 3.63) is 0 Å². The van der Waals surface area contributed by atoms with E-state index in [0.717, 1.165) is 13.2 Å². The normalized spacial score (nSPS) is 8.62. The van der Waals surface area contributed by atoms with Crippen molar-refractivity contribution in [2.24, 2.45) is 0 Å². The van der Waals surface area contributed by atoms with Crippen molar-refractivity contribution >= 4 is 23.2 Å². The molecule has 0 amide bonds. The lowest BCUT2D eigenvalue weighted by Crippen LogP contribution is -1.95. The minimum atomic E-state index is -0.125. The maximum atomic E-state index is 7.62. The molecule has 5 heteroatoms. The Balaban J connectivity index is -0.000000201. The first-order valence-electron chi connectivity index (χ1n) is 5.66. The fourth-order valence-corrected chi connectivity index (χ4v) is 0.595. The predicted molar refractivity (Wildman–Crippen MR) is 71.4 cm³/mol. The van der Waals surface area contributed by atoms with E-state index in [-0.39, 0.29) is 18.6 Å². The van der Waals surface area contributed by atoms with Crippen molar-refractivity contribution < 1.29 is 14.9 Å². The highest BCUT2D eigenvalue weighted by Gasteiger charge is 1.84. The van der Waals surface area contributed by atoms with E-state index in [1.165, 1.54) is 25.7 Å². The average Bonchev–Trinajstić information content (AvgIpc) is 2.30. The molecule has 0 aromatic rings. The monoisotopic (exact) mass is 276 g/mol. The van der Waals surface area contributed by atoms with Crippen LogP contribution >= 0.6 is 23.2 Å². The van der Waals surface area contributed by atoms with Crippen LogP contribution in [0, 0.1) is 0 Å². The van der Waals surface area contributed by atoms with Crippen LogP contribution in [0.2, 0.25) is 0 Å². The molecule has 2 N–H and O–H groups in total. The molecule has 0 fully saturated rings. The summed E-state index contributed by atoms with van der Waals surface area (Å²) in [6.45, 7) is 6.03. The zero-order valence-corrected chi connectivity index (χ0v) is 11.9. The first-order valence-corrected chi connectivity index (χ1v) is 6.73. The van der Waals surface area contributed by atoms with Gasteiger partial charge in [-0.2, -0.15) is 0 Å². The Morgan fingerprint density at radius 3 is 1.38 bits per heavy atom. The second-order valence-electron chi connectivity index (χ2n) is 2.87. The molecule has 3 nitrogen and oxygen atoms in total. The SMILES string of the molecule is CCCCOCCCC.ClCCl.OCCO. The first-order chi connectivity index (χ1) is 7.74. The summed E-state index contributed by atoms with van der Waals surface area (Å²) in [6.07, 6.45) is 4.91. The molecule has 0 atom stereocenters. The fraction of sp³-hybridized carbons (Fsp3) is 1.00. The molecule has 102 valence electrons. The van der Waals surface area contributed by atoms with Gasteiger partial charge in [0.15, 0.2) is 0 Å². The second kappa shape index (κ2) is 29.5. The van der Waals surface area contributed by atoms with Crippen molar-refractivity contribution in [2.45, 2.75) is 39.5 Å². The smallest absolute Gasteiger partial charge is 0.0967 e. The quantitative estimate of drug-likeness (QED) is 0.555. The molecule has 0 radical (unpaired) electrons. The van der Waals surface area contributed by atoms with E-state index in [2.05, 4.69) is 13.8 Å². The highest BCUT2D eigenvalue weighted by Crippen LogP contribution is 1.91. The molecule has 0 aromatic carbocycles. The molecular formula is C11H26Cl2O3. The molecule has 0 aliphatic carbocycles. The van der Waals surface area contributed by atoms with Gasteiger partial charge in [-0.05, 0) is 12.8 Å². The van der Waals surface area contributed by atoms with Crippen LogP contribution in [0.4, 0.5) is 0 Å². The molecule has 0 aliphatic rings. The van der Waals surface area contributed by atoms with Gasteiger partial charge < -0.3 is 14.9 Å². The summed E-state index contributed by atoms with van der Waals surface area (Å²) in [5, 5.41) is 15.4.